The monoisotopic (exact) mass is 291 g/mol. The highest BCUT2D eigenvalue weighted by molar-refractivity contribution is 5.73. The Hall–Kier alpha value is -1.59. The van der Waals surface area contributed by atoms with Crippen LogP contribution in [0.15, 0.2) is 24.3 Å². The van der Waals surface area contributed by atoms with Crippen LogP contribution in [0, 0.1) is 0 Å². The number of benzene rings is 1. The largest absolute Gasteiger partial charge is 0.497 e. The second-order valence-electron chi connectivity index (χ2n) is 5.62. The Morgan fingerprint density at radius 1 is 1.29 bits per heavy atom. The molecule has 1 fully saturated rings. The highest BCUT2D eigenvalue weighted by Gasteiger charge is 2.28. The summed E-state index contributed by atoms with van der Waals surface area (Å²) in [5.74, 6) is 0.994. The maximum Gasteiger partial charge on any atom is 0.219 e. The molecule has 2 rings (SSSR count). The minimum atomic E-state index is 0.0148. The molecule has 21 heavy (non-hydrogen) atoms. The van der Waals surface area contributed by atoms with Crippen LogP contribution in [0.25, 0.3) is 0 Å². The molecule has 2 atom stereocenters. The first-order valence-electron chi connectivity index (χ1n) is 7.42. The molecule has 1 aliphatic rings. The number of ether oxygens (including phenoxy) is 1. The molecule has 1 aliphatic heterocycles. The molecule has 0 radical (unpaired) electrons. The second-order valence-corrected chi connectivity index (χ2v) is 5.62. The normalized spacial score (nSPS) is 19.1. The van der Waals surface area contributed by atoms with E-state index in [4.69, 9.17) is 10.5 Å². The van der Waals surface area contributed by atoms with Gasteiger partial charge in [-0.1, -0.05) is 12.1 Å². The molecule has 0 aliphatic carbocycles. The van der Waals surface area contributed by atoms with Crippen LogP contribution in [0.4, 0.5) is 0 Å². The molecule has 5 heteroatoms. The fourth-order valence-electron chi connectivity index (χ4n) is 2.99. The van der Waals surface area contributed by atoms with E-state index in [2.05, 4.69) is 11.0 Å². The molecule has 1 aromatic rings. The zero-order valence-electron chi connectivity index (χ0n) is 13.1. The van der Waals surface area contributed by atoms with Crippen molar-refractivity contribution in [3.05, 3.63) is 29.8 Å². The van der Waals surface area contributed by atoms with Gasteiger partial charge in [0.25, 0.3) is 0 Å². The van der Waals surface area contributed by atoms with Crippen molar-refractivity contribution in [1.29, 1.82) is 0 Å². The zero-order valence-corrected chi connectivity index (χ0v) is 13.1. The van der Waals surface area contributed by atoms with Crippen molar-refractivity contribution in [1.82, 2.24) is 9.80 Å². The van der Waals surface area contributed by atoms with Crippen LogP contribution in [0.2, 0.25) is 0 Å². The smallest absolute Gasteiger partial charge is 0.219 e. The van der Waals surface area contributed by atoms with Gasteiger partial charge >= 0.3 is 0 Å². The standard InChI is InChI=1S/C16H25N3O2/c1-12(17)16(14-5-4-6-15(11-14)21-3)19-9-7-18(8-10-19)13(2)20/h4-6,11-12,16H,7-10,17H2,1-3H3. The molecule has 0 aromatic heterocycles. The minimum Gasteiger partial charge on any atom is -0.497 e. The van der Waals surface area contributed by atoms with Gasteiger partial charge in [-0.2, -0.15) is 0 Å². The van der Waals surface area contributed by atoms with Crippen molar-refractivity contribution >= 4 is 5.91 Å². The van der Waals surface area contributed by atoms with Gasteiger partial charge in [0.15, 0.2) is 0 Å². The molecule has 2 N–H and O–H groups in total. The van der Waals surface area contributed by atoms with Crippen molar-refractivity contribution in [3.8, 4) is 5.75 Å². The fourth-order valence-corrected chi connectivity index (χ4v) is 2.99. The van der Waals surface area contributed by atoms with Crippen molar-refractivity contribution in [2.24, 2.45) is 5.73 Å². The van der Waals surface area contributed by atoms with Crippen LogP contribution in [0.1, 0.15) is 25.5 Å². The molecule has 0 bridgehead atoms. The van der Waals surface area contributed by atoms with Crippen molar-refractivity contribution < 1.29 is 9.53 Å². The van der Waals surface area contributed by atoms with Gasteiger partial charge in [-0.25, -0.2) is 0 Å². The lowest BCUT2D eigenvalue weighted by atomic mass is 9.98. The van der Waals surface area contributed by atoms with Crippen molar-refractivity contribution in [2.75, 3.05) is 33.3 Å². The van der Waals surface area contributed by atoms with Crippen LogP contribution in [-0.2, 0) is 4.79 Å². The van der Waals surface area contributed by atoms with Crippen LogP contribution >= 0.6 is 0 Å². The first-order valence-corrected chi connectivity index (χ1v) is 7.42. The lowest BCUT2D eigenvalue weighted by Crippen LogP contribution is -2.51. The van der Waals surface area contributed by atoms with E-state index in [1.165, 1.54) is 5.56 Å². The number of hydrogen-bond acceptors (Lipinski definition) is 4. The van der Waals surface area contributed by atoms with Crippen LogP contribution in [0.3, 0.4) is 0 Å². The third-order valence-electron chi connectivity index (χ3n) is 4.09. The number of nitrogens with zero attached hydrogens (tertiary/aromatic N) is 2. The Morgan fingerprint density at radius 2 is 1.95 bits per heavy atom. The maximum absolute atomic E-state index is 11.4. The third kappa shape index (κ3) is 3.74. The van der Waals surface area contributed by atoms with Crippen molar-refractivity contribution in [3.63, 3.8) is 0 Å². The Bertz CT molecular complexity index is 482. The van der Waals surface area contributed by atoms with E-state index in [1.54, 1.807) is 14.0 Å². The van der Waals surface area contributed by atoms with E-state index in [0.717, 1.165) is 31.9 Å². The number of carbonyl (C=O) groups is 1. The van der Waals surface area contributed by atoms with Crippen LogP contribution < -0.4 is 10.5 Å². The third-order valence-corrected chi connectivity index (χ3v) is 4.09. The molecule has 1 aromatic carbocycles. The first kappa shape index (κ1) is 15.8. The van der Waals surface area contributed by atoms with Gasteiger partial charge in [0, 0.05) is 45.2 Å². The van der Waals surface area contributed by atoms with Crippen LogP contribution in [0.5, 0.6) is 5.75 Å². The Morgan fingerprint density at radius 3 is 2.48 bits per heavy atom. The number of rotatable bonds is 4. The van der Waals surface area contributed by atoms with E-state index in [0.29, 0.717) is 0 Å². The lowest BCUT2D eigenvalue weighted by molar-refractivity contribution is -0.130. The molecule has 1 amide bonds. The Labute approximate surface area is 126 Å². The minimum absolute atomic E-state index is 0.0148. The number of nitrogens with two attached hydrogens (primary N) is 1. The topological polar surface area (TPSA) is 58.8 Å². The molecule has 0 spiro atoms. The maximum atomic E-state index is 11.4. The molecular weight excluding hydrogens is 266 g/mol. The van der Waals surface area contributed by atoms with Gasteiger partial charge in [0.2, 0.25) is 5.91 Å². The van der Waals surface area contributed by atoms with Gasteiger partial charge in [-0.15, -0.1) is 0 Å². The zero-order chi connectivity index (χ0) is 15.4. The number of amides is 1. The summed E-state index contributed by atoms with van der Waals surface area (Å²) in [6.45, 7) is 6.89. The summed E-state index contributed by atoms with van der Waals surface area (Å²) in [5, 5.41) is 0. The summed E-state index contributed by atoms with van der Waals surface area (Å²) in [5.41, 5.74) is 7.39. The molecule has 0 saturated carbocycles. The summed E-state index contributed by atoms with van der Waals surface area (Å²) >= 11 is 0. The summed E-state index contributed by atoms with van der Waals surface area (Å²) < 4.78 is 5.31. The summed E-state index contributed by atoms with van der Waals surface area (Å²) in [6.07, 6.45) is 0. The second kappa shape index (κ2) is 6.91. The average Bonchev–Trinajstić information content (AvgIpc) is 2.48. The lowest BCUT2D eigenvalue weighted by Gasteiger charge is -2.40. The molecule has 116 valence electrons. The highest BCUT2D eigenvalue weighted by atomic mass is 16.5. The highest BCUT2D eigenvalue weighted by Crippen LogP contribution is 2.27. The molecule has 1 saturated heterocycles. The predicted octanol–water partition coefficient (Wildman–Crippen LogP) is 1.25. The number of piperazine rings is 1. The SMILES string of the molecule is COc1cccc(C(C(C)N)N2CCN(C(C)=O)CC2)c1. The Kier molecular flexibility index (Phi) is 5.20. The molecular formula is C16H25N3O2. The van der Waals surface area contributed by atoms with E-state index in [9.17, 15) is 4.79 Å². The predicted molar refractivity (Wildman–Crippen MR) is 83.2 cm³/mol. The van der Waals surface area contributed by atoms with E-state index >= 15 is 0 Å². The van der Waals surface area contributed by atoms with E-state index < -0.39 is 0 Å². The van der Waals surface area contributed by atoms with Gasteiger partial charge in [0.05, 0.1) is 7.11 Å². The van der Waals surface area contributed by atoms with E-state index in [1.807, 2.05) is 30.0 Å². The first-order chi connectivity index (χ1) is 10.0. The molecule has 2 unspecified atom stereocenters. The van der Waals surface area contributed by atoms with Gasteiger partial charge in [-0.05, 0) is 24.6 Å². The molecule has 1 heterocycles. The average molecular weight is 291 g/mol. The fraction of sp³-hybridized carbons (Fsp3) is 0.562. The quantitative estimate of drug-likeness (QED) is 0.907. The number of hydrogen-bond donors (Lipinski definition) is 1. The van der Waals surface area contributed by atoms with Gasteiger partial charge in [0.1, 0.15) is 5.75 Å². The summed E-state index contributed by atoms with van der Waals surface area (Å²) in [4.78, 5) is 15.7. The summed E-state index contributed by atoms with van der Waals surface area (Å²) in [6, 6.07) is 8.24. The Balaban J connectivity index is 2.14. The molecule has 5 nitrogen and oxygen atoms in total. The number of carbonyl (C=O) groups excluding carboxylic acids is 1. The van der Waals surface area contributed by atoms with Crippen LogP contribution in [-0.4, -0.2) is 55.0 Å². The number of methoxy groups -OCH3 is 1. The van der Waals surface area contributed by atoms with Gasteiger partial charge in [-0.3, -0.25) is 9.69 Å². The van der Waals surface area contributed by atoms with Crippen molar-refractivity contribution in [2.45, 2.75) is 25.9 Å². The van der Waals surface area contributed by atoms with E-state index in [-0.39, 0.29) is 18.0 Å². The van der Waals surface area contributed by atoms with Gasteiger partial charge < -0.3 is 15.4 Å². The summed E-state index contributed by atoms with van der Waals surface area (Å²) in [7, 11) is 1.67.